The minimum absolute atomic E-state index is 0.171. The Balaban J connectivity index is 1.82. The molecule has 0 aliphatic carbocycles. The molecule has 0 saturated carbocycles. The molecule has 0 bridgehead atoms. The van der Waals surface area contributed by atoms with Crippen molar-refractivity contribution in [2.24, 2.45) is 15.9 Å². The van der Waals surface area contributed by atoms with Crippen molar-refractivity contribution in [1.82, 2.24) is 4.98 Å². The highest BCUT2D eigenvalue weighted by Gasteiger charge is 2.17. The van der Waals surface area contributed by atoms with E-state index in [0.29, 0.717) is 34.2 Å². The Hall–Kier alpha value is -2.73. The summed E-state index contributed by atoms with van der Waals surface area (Å²) in [6.45, 7) is 6.50. The van der Waals surface area contributed by atoms with Crippen LogP contribution in [0, 0.1) is 5.92 Å². The maximum absolute atomic E-state index is 11.5. The zero-order valence-corrected chi connectivity index (χ0v) is 18.3. The van der Waals surface area contributed by atoms with Crippen LogP contribution in [0.4, 0.5) is 17.2 Å². The molecule has 1 atom stereocenters. The largest absolute Gasteiger partial charge is 0.478 e. The predicted molar refractivity (Wildman–Crippen MR) is 123 cm³/mol. The number of benzene rings is 1. The summed E-state index contributed by atoms with van der Waals surface area (Å²) >= 11 is 6.30. The van der Waals surface area contributed by atoms with Gasteiger partial charge in [-0.2, -0.15) is 0 Å². The molecular formula is C23H27ClN4O2. The SMILES string of the molecule is CC1=NC(CC(C)C)CCC(=Nc2cc(Nc3ccccc3C(=O)O)c(Cl)cn2)C1. The molecule has 2 aromatic rings. The smallest absolute Gasteiger partial charge is 0.337 e. The highest BCUT2D eigenvalue weighted by atomic mass is 35.5. The maximum atomic E-state index is 11.5. The lowest BCUT2D eigenvalue weighted by atomic mass is 9.99. The van der Waals surface area contributed by atoms with Gasteiger partial charge in [-0.3, -0.25) is 4.99 Å². The fourth-order valence-electron chi connectivity index (χ4n) is 3.62. The molecule has 0 amide bonds. The van der Waals surface area contributed by atoms with Crippen LogP contribution in [0.2, 0.25) is 5.02 Å². The second-order valence-corrected chi connectivity index (χ2v) is 8.45. The van der Waals surface area contributed by atoms with E-state index in [-0.39, 0.29) is 5.56 Å². The molecule has 1 unspecified atom stereocenters. The summed E-state index contributed by atoms with van der Waals surface area (Å²) in [7, 11) is 0. The number of hydrogen-bond donors (Lipinski definition) is 2. The van der Waals surface area contributed by atoms with Crippen LogP contribution >= 0.6 is 11.6 Å². The van der Waals surface area contributed by atoms with Gasteiger partial charge >= 0.3 is 5.97 Å². The van der Waals surface area contributed by atoms with Gasteiger partial charge in [-0.1, -0.05) is 37.6 Å². The Morgan fingerprint density at radius 1 is 1.33 bits per heavy atom. The lowest BCUT2D eigenvalue weighted by molar-refractivity contribution is 0.0698. The van der Waals surface area contributed by atoms with Crippen molar-refractivity contribution in [2.45, 2.75) is 52.5 Å². The van der Waals surface area contributed by atoms with Gasteiger partial charge in [0.05, 0.1) is 34.2 Å². The van der Waals surface area contributed by atoms with E-state index in [0.717, 1.165) is 37.1 Å². The Morgan fingerprint density at radius 2 is 2.10 bits per heavy atom. The summed E-state index contributed by atoms with van der Waals surface area (Å²) in [4.78, 5) is 25.4. The first-order chi connectivity index (χ1) is 14.3. The van der Waals surface area contributed by atoms with Crippen LogP contribution in [0.3, 0.4) is 0 Å². The minimum atomic E-state index is -1.01. The average Bonchev–Trinajstić information content (AvgIpc) is 2.84. The van der Waals surface area contributed by atoms with Gasteiger partial charge in [0.2, 0.25) is 0 Å². The van der Waals surface area contributed by atoms with Crippen molar-refractivity contribution in [2.75, 3.05) is 5.32 Å². The summed E-state index contributed by atoms with van der Waals surface area (Å²) in [5.74, 6) is 0.151. The van der Waals surface area contributed by atoms with E-state index >= 15 is 0 Å². The Labute approximate surface area is 182 Å². The number of hydrogen-bond acceptors (Lipinski definition) is 5. The fourth-order valence-corrected chi connectivity index (χ4v) is 3.77. The zero-order valence-electron chi connectivity index (χ0n) is 17.5. The Kier molecular flexibility index (Phi) is 7.21. The lowest BCUT2D eigenvalue weighted by Gasteiger charge is -2.13. The van der Waals surface area contributed by atoms with Gasteiger partial charge in [-0.15, -0.1) is 0 Å². The van der Waals surface area contributed by atoms with Gasteiger partial charge in [0.25, 0.3) is 0 Å². The van der Waals surface area contributed by atoms with Gasteiger partial charge < -0.3 is 10.4 Å². The summed E-state index contributed by atoms with van der Waals surface area (Å²) in [6, 6.07) is 8.79. The zero-order chi connectivity index (χ0) is 21.7. The van der Waals surface area contributed by atoms with Crippen molar-refractivity contribution in [3.8, 4) is 0 Å². The topological polar surface area (TPSA) is 86.9 Å². The number of carbonyl (C=O) groups is 1. The second kappa shape index (κ2) is 9.85. The maximum Gasteiger partial charge on any atom is 0.337 e. The number of rotatable bonds is 6. The van der Waals surface area contributed by atoms with Crippen LogP contribution in [-0.4, -0.2) is 33.5 Å². The van der Waals surface area contributed by atoms with Crippen molar-refractivity contribution in [1.29, 1.82) is 0 Å². The number of pyridine rings is 1. The molecule has 0 radical (unpaired) electrons. The van der Waals surface area contributed by atoms with Gasteiger partial charge in [0.1, 0.15) is 0 Å². The van der Waals surface area contributed by atoms with E-state index < -0.39 is 5.97 Å². The molecule has 1 aromatic heterocycles. The number of aromatic carboxylic acids is 1. The third-order valence-electron chi connectivity index (χ3n) is 4.91. The number of nitrogens with one attached hydrogen (secondary N) is 1. The first-order valence-electron chi connectivity index (χ1n) is 10.2. The average molecular weight is 427 g/mol. The van der Waals surface area contributed by atoms with Crippen LogP contribution in [-0.2, 0) is 0 Å². The standard InChI is InChI=1S/C23H27ClN4O2/c1-14(2)10-16-8-9-17(11-15(3)26-16)27-22-12-21(19(24)13-25-22)28-20-7-5-4-6-18(20)23(29)30/h4-7,12-14,16H,8-11H2,1-3H3,(H,25,28)(H,29,30). The molecule has 30 heavy (non-hydrogen) atoms. The van der Waals surface area contributed by atoms with Gasteiger partial charge in [0.15, 0.2) is 5.82 Å². The molecule has 7 heteroatoms. The third-order valence-corrected chi connectivity index (χ3v) is 5.21. The Bertz CT molecular complexity index is 985. The van der Waals surface area contributed by atoms with Crippen molar-refractivity contribution < 1.29 is 9.90 Å². The van der Waals surface area contributed by atoms with Crippen molar-refractivity contribution >= 4 is 46.2 Å². The van der Waals surface area contributed by atoms with Crippen LogP contribution in [0.15, 0.2) is 46.5 Å². The van der Waals surface area contributed by atoms with Gasteiger partial charge in [-0.25, -0.2) is 14.8 Å². The van der Waals surface area contributed by atoms with E-state index in [2.05, 4.69) is 31.1 Å². The van der Waals surface area contributed by atoms with Gasteiger partial charge in [0, 0.05) is 23.9 Å². The molecule has 0 fully saturated rings. The number of aliphatic imine (C=N–C) groups is 2. The number of nitrogens with zero attached hydrogens (tertiary/aromatic N) is 3. The number of carboxylic acid groups (broad SMARTS) is 1. The number of para-hydroxylation sites is 1. The molecule has 2 N–H and O–H groups in total. The number of anilines is 2. The van der Waals surface area contributed by atoms with Crippen LogP contribution < -0.4 is 5.32 Å². The monoisotopic (exact) mass is 426 g/mol. The van der Waals surface area contributed by atoms with E-state index in [1.807, 2.05) is 0 Å². The molecule has 2 heterocycles. The molecule has 1 aliphatic rings. The highest BCUT2D eigenvalue weighted by molar-refractivity contribution is 6.33. The molecular weight excluding hydrogens is 400 g/mol. The molecule has 3 rings (SSSR count). The van der Waals surface area contributed by atoms with Crippen LogP contribution in [0.5, 0.6) is 0 Å². The fraction of sp³-hybridized carbons (Fsp3) is 0.391. The van der Waals surface area contributed by atoms with Crippen LogP contribution in [0.1, 0.15) is 56.8 Å². The summed E-state index contributed by atoms with van der Waals surface area (Å²) in [6.07, 6.45) is 5.22. The first-order valence-corrected chi connectivity index (χ1v) is 10.5. The number of carboxylic acids is 1. The summed E-state index contributed by atoms with van der Waals surface area (Å²) < 4.78 is 0. The predicted octanol–water partition coefficient (Wildman–Crippen LogP) is 6.31. The number of halogens is 1. The quantitative estimate of drug-likeness (QED) is 0.566. The number of aromatic nitrogens is 1. The highest BCUT2D eigenvalue weighted by Crippen LogP contribution is 2.30. The molecule has 158 valence electrons. The summed E-state index contributed by atoms with van der Waals surface area (Å²) in [5.41, 5.74) is 3.35. The molecule has 0 saturated heterocycles. The normalized spacial score (nSPS) is 18.2. The third kappa shape index (κ3) is 5.89. The molecule has 0 spiro atoms. The van der Waals surface area contributed by atoms with E-state index in [9.17, 15) is 9.90 Å². The van der Waals surface area contributed by atoms with E-state index in [1.165, 1.54) is 6.20 Å². The van der Waals surface area contributed by atoms with E-state index in [1.54, 1.807) is 30.3 Å². The molecule has 1 aromatic carbocycles. The lowest BCUT2D eigenvalue weighted by Crippen LogP contribution is -2.08. The summed E-state index contributed by atoms with van der Waals surface area (Å²) in [5, 5.41) is 12.9. The van der Waals surface area contributed by atoms with E-state index in [4.69, 9.17) is 21.6 Å². The van der Waals surface area contributed by atoms with Crippen molar-refractivity contribution in [3.63, 3.8) is 0 Å². The van der Waals surface area contributed by atoms with Gasteiger partial charge in [-0.05, 0) is 44.2 Å². The van der Waals surface area contributed by atoms with Crippen LogP contribution in [0.25, 0.3) is 0 Å². The molecule has 1 aliphatic heterocycles. The molecule has 6 nitrogen and oxygen atoms in total. The first kappa shape index (κ1) is 22.0. The second-order valence-electron chi connectivity index (χ2n) is 8.04. The van der Waals surface area contributed by atoms with Crippen molar-refractivity contribution in [3.05, 3.63) is 47.1 Å². The Morgan fingerprint density at radius 3 is 2.83 bits per heavy atom. The minimum Gasteiger partial charge on any atom is -0.478 e.